The predicted molar refractivity (Wildman–Crippen MR) is 67.5 cm³/mol. The average Bonchev–Trinajstić information content (AvgIpc) is 3.03. The van der Waals surface area contributed by atoms with Crippen molar-refractivity contribution < 1.29 is 0 Å². The van der Waals surface area contributed by atoms with Gasteiger partial charge in [0.25, 0.3) is 0 Å². The third-order valence-electron chi connectivity index (χ3n) is 3.03. The summed E-state index contributed by atoms with van der Waals surface area (Å²) >= 11 is 6.24. The summed E-state index contributed by atoms with van der Waals surface area (Å²) in [6.45, 7) is 2.01. The van der Waals surface area contributed by atoms with Crippen molar-refractivity contribution in [2.24, 2.45) is 0 Å². The van der Waals surface area contributed by atoms with E-state index in [-0.39, 0.29) is 0 Å². The molecule has 3 rings (SSSR count). The van der Waals surface area contributed by atoms with Crippen molar-refractivity contribution in [3.05, 3.63) is 34.5 Å². The van der Waals surface area contributed by atoms with Crippen molar-refractivity contribution in [1.82, 2.24) is 15.0 Å². The molecule has 88 valence electrons. The number of aryl methyl sites for hydroxylation is 1. The lowest BCUT2D eigenvalue weighted by Crippen LogP contribution is -2.03. The van der Waals surface area contributed by atoms with E-state index in [1.165, 1.54) is 0 Å². The van der Waals surface area contributed by atoms with Gasteiger partial charge in [0, 0.05) is 5.92 Å². The summed E-state index contributed by atoms with van der Waals surface area (Å²) in [4.78, 5) is 0. The summed E-state index contributed by atoms with van der Waals surface area (Å²) in [6, 6.07) is 5.89. The lowest BCUT2D eigenvalue weighted by atomic mass is 10.2. The molecule has 0 atom stereocenters. The number of hydrogen-bond donors (Lipinski definition) is 1. The molecule has 2 N–H and O–H groups in total. The second kappa shape index (κ2) is 3.74. The molecule has 5 heteroatoms. The van der Waals surface area contributed by atoms with Gasteiger partial charge >= 0.3 is 0 Å². The van der Waals surface area contributed by atoms with Gasteiger partial charge in [0.05, 0.1) is 16.4 Å². The highest BCUT2D eigenvalue weighted by Crippen LogP contribution is 2.43. The summed E-state index contributed by atoms with van der Waals surface area (Å²) in [5, 5.41) is 8.72. The molecule has 0 amide bonds. The SMILES string of the molecule is Cc1ccc(-n2nnc(N)c2C2CC2)c(Cl)c1. The lowest BCUT2D eigenvalue weighted by molar-refractivity contribution is 0.763. The first-order valence-electron chi connectivity index (χ1n) is 5.64. The molecule has 1 fully saturated rings. The molecular weight excluding hydrogens is 236 g/mol. The van der Waals surface area contributed by atoms with Crippen LogP contribution in [-0.2, 0) is 0 Å². The lowest BCUT2D eigenvalue weighted by Gasteiger charge is -2.08. The van der Waals surface area contributed by atoms with E-state index in [2.05, 4.69) is 10.3 Å². The van der Waals surface area contributed by atoms with Gasteiger partial charge in [-0.3, -0.25) is 0 Å². The zero-order valence-electron chi connectivity index (χ0n) is 9.52. The van der Waals surface area contributed by atoms with Crippen LogP contribution < -0.4 is 5.73 Å². The minimum atomic E-state index is 0.488. The van der Waals surface area contributed by atoms with Crippen LogP contribution in [-0.4, -0.2) is 15.0 Å². The number of nitrogens with zero attached hydrogens (tertiary/aromatic N) is 3. The molecule has 0 saturated heterocycles. The molecule has 17 heavy (non-hydrogen) atoms. The van der Waals surface area contributed by atoms with Gasteiger partial charge in [-0.1, -0.05) is 22.9 Å². The second-order valence-corrected chi connectivity index (χ2v) is 4.91. The molecule has 1 aliphatic rings. The van der Waals surface area contributed by atoms with Crippen LogP contribution in [0.15, 0.2) is 18.2 Å². The second-order valence-electron chi connectivity index (χ2n) is 4.50. The van der Waals surface area contributed by atoms with Crippen molar-refractivity contribution in [2.75, 3.05) is 5.73 Å². The number of nitrogens with two attached hydrogens (primary N) is 1. The summed E-state index contributed by atoms with van der Waals surface area (Å²) in [5.41, 5.74) is 8.83. The molecule has 1 aromatic carbocycles. The van der Waals surface area contributed by atoms with E-state index >= 15 is 0 Å². The summed E-state index contributed by atoms with van der Waals surface area (Å²) < 4.78 is 1.77. The molecule has 4 nitrogen and oxygen atoms in total. The Kier molecular flexibility index (Phi) is 2.33. The number of aromatic nitrogens is 3. The van der Waals surface area contributed by atoms with Gasteiger partial charge in [-0.25, -0.2) is 4.68 Å². The monoisotopic (exact) mass is 248 g/mol. The average molecular weight is 249 g/mol. The van der Waals surface area contributed by atoms with Crippen LogP contribution in [0.1, 0.15) is 30.0 Å². The van der Waals surface area contributed by atoms with E-state index in [0.717, 1.165) is 29.8 Å². The highest BCUT2D eigenvalue weighted by molar-refractivity contribution is 6.32. The Bertz CT molecular complexity index is 572. The maximum atomic E-state index is 6.24. The Morgan fingerprint density at radius 3 is 2.82 bits per heavy atom. The van der Waals surface area contributed by atoms with E-state index in [1.54, 1.807) is 4.68 Å². The van der Waals surface area contributed by atoms with Gasteiger partial charge in [0.15, 0.2) is 5.82 Å². The molecule has 1 saturated carbocycles. The van der Waals surface area contributed by atoms with Crippen molar-refractivity contribution in [2.45, 2.75) is 25.7 Å². The number of nitrogen functional groups attached to an aromatic ring is 1. The maximum Gasteiger partial charge on any atom is 0.169 e. The Morgan fingerprint density at radius 1 is 1.41 bits per heavy atom. The molecule has 1 aromatic heterocycles. The molecule has 1 heterocycles. The molecule has 1 aliphatic carbocycles. The Hall–Kier alpha value is -1.55. The number of rotatable bonds is 2. The normalized spacial score (nSPS) is 15.2. The zero-order valence-corrected chi connectivity index (χ0v) is 10.3. The van der Waals surface area contributed by atoms with Gasteiger partial charge in [-0.15, -0.1) is 5.10 Å². The Balaban J connectivity index is 2.14. The van der Waals surface area contributed by atoms with Crippen molar-refractivity contribution in [3.8, 4) is 5.69 Å². The molecule has 0 bridgehead atoms. The Labute approximate surface area is 104 Å². The predicted octanol–water partition coefficient (Wildman–Crippen LogP) is 2.69. The van der Waals surface area contributed by atoms with E-state index in [0.29, 0.717) is 16.8 Å². The first kappa shape index (κ1) is 10.6. The van der Waals surface area contributed by atoms with Gasteiger partial charge in [0.2, 0.25) is 0 Å². The van der Waals surface area contributed by atoms with Crippen LogP contribution in [0, 0.1) is 6.92 Å². The van der Waals surface area contributed by atoms with Crippen molar-refractivity contribution in [3.63, 3.8) is 0 Å². The fourth-order valence-corrected chi connectivity index (χ4v) is 2.32. The van der Waals surface area contributed by atoms with Crippen LogP contribution in [0.5, 0.6) is 0 Å². The largest absolute Gasteiger partial charge is 0.381 e. The standard InChI is InChI=1S/C12H13ClN4/c1-7-2-5-10(9(13)6-7)17-11(8-3-4-8)12(14)15-16-17/h2,5-6,8H,3-4,14H2,1H3. The number of benzene rings is 1. The molecular formula is C12H13ClN4. The zero-order chi connectivity index (χ0) is 12.0. The fraction of sp³-hybridized carbons (Fsp3) is 0.333. The minimum absolute atomic E-state index is 0.488. The van der Waals surface area contributed by atoms with E-state index < -0.39 is 0 Å². The van der Waals surface area contributed by atoms with Gasteiger partial charge in [-0.2, -0.15) is 0 Å². The smallest absolute Gasteiger partial charge is 0.169 e. The highest BCUT2D eigenvalue weighted by atomic mass is 35.5. The minimum Gasteiger partial charge on any atom is -0.381 e. The first-order valence-corrected chi connectivity index (χ1v) is 6.02. The summed E-state index contributed by atoms with van der Waals surface area (Å²) in [6.07, 6.45) is 2.31. The van der Waals surface area contributed by atoms with E-state index in [9.17, 15) is 0 Å². The van der Waals surface area contributed by atoms with Crippen LogP contribution in [0.4, 0.5) is 5.82 Å². The van der Waals surface area contributed by atoms with Crippen LogP contribution in [0.25, 0.3) is 5.69 Å². The van der Waals surface area contributed by atoms with E-state index in [4.69, 9.17) is 17.3 Å². The molecule has 2 aromatic rings. The number of halogens is 1. The van der Waals surface area contributed by atoms with Gasteiger partial charge in [-0.05, 0) is 37.5 Å². The quantitative estimate of drug-likeness (QED) is 0.889. The number of anilines is 1. The molecule has 0 aliphatic heterocycles. The third kappa shape index (κ3) is 1.78. The molecule has 0 spiro atoms. The van der Waals surface area contributed by atoms with Crippen LogP contribution >= 0.6 is 11.6 Å². The maximum absolute atomic E-state index is 6.24. The van der Waals surface area contributed by atoms with Crippen LogP contribution in [0.3, 0.4) is 0 Å². The number of hydrogen-bond acceptors (Lipinski definition) is 3. The van der Waals surface area contributed by atoms with Gasteiger partial charge < -0.3 is 5.73 Å². The topological polar surface area (TPSA) is 56.7 Å². The van der Waals surface area contributed by atoms with Crippen molar-refractivity contribution in [1.29, 1.82) is 0 Å². The van der Waals surface area contributed by atoms with E-state index in [1.807, 2.05) is 25.1 Å². The third-order valence-corrected chi connectivity index (χ3v) is 3.33. The summed E-state index contributed by atoms with van der Waals surface area (Å²) in [7, 11) is 0. The molecule has 0 unspecified atom stereocenters. The molecule has 0 radical (unpaired) electrons. The first-order chi connectivity index (χ1) is 8.16. The van der Waals surface area contributed by atoms with Gasteiger partial charge in [0.1, 0.15) is 0 Å². The Morgan fingerprint density at radius 2 is 2.18 bits per heavy atom. The summed E-state index contributed by atoms with van der Waals surface area (Å²) in [5.74, 6) is 1.01. The van der Waals surface area contributed by atoms with Crippen molar-refractivity contribution >= 4 is 17.4 Å². The highest BCUT2D eigenvalue weighted by Gasteiger charge is 2.31. The fourth-order valence-electron chi connectivity index (χ4n) is 2.00. The van der Waals surface area contributed by atoms with Crippen LogP contribution in [0.2, 0.25) is 5.02 Å².